The lowest BCUT2D eigenvalue weighted by molar-refractivity contribution is -0.137. The summed E-state index contributed by atoms with van der Waals surface area (Å²) >= 11 is 0. The fourth-order valence-corrected chi connectivity index (χ4v) is 3.19. The zero-order chi connectivity index (χ0) is 21.3. The van der Waals surface area contributed by atoms with Crippen LogP contribution >= 0.6 is 0 Å². The SMILES string of the molecule is Cc1ccc(CN(C)CC(=O)Nc2ccc(OCC(=O)N3CCOCC3)cc2)cc1. The summed E-state index contributed by atoms with van der Waals surface area (Å²) in [5.41, 5.74) is 3.08. The van der Waals surface area contributed by atoms with E-state index in [1.54, 1.807) is 29.2 Å². The summed E-state index contributed by atoms with van der Waals surface area (Å²) in [6.45, 7) is 5.39. The normalized spacial score (nSPS) is 13.9. The number of hydrogen-bond acceptors (Lipinski definition) is 5. The van der Waals surface area contributed by atoms with Gasteiger partial charge in [-0.15, -0.1) is 0 Å². The van der Waals surface area contributed by atoms with Gasteiger partial charge in [-0.3, -0.25) is 14.5 Å². The maximum Gasteiger partial charge on any atom is 0.260 e. The number of rotatable bonds is 8. The number of nitrogens with zero attached hydrogens (tertiary/aromatic N) is 2. The zero-order valence-corrected chi connectivity index (χ0v) is 17.6. The van der Waals surface area contributed by atoms with E-state index in [4.69, 9.17) is 9.47 Å². The van der Waals surface area contributed by atoms with Gasteiger partial charge in [0.1, 0.15) is 5.75 Å². The molecule has 160 valence electrons. The van der Waals surface area contributed by atoms with E-state index in [9.17, 15) is 9.59 Å². The maximum absolute atomic E-state index is 12.3. The smallest absolute Gasteiger partial charge is 0.260 e. The zero-order valence-electron chi connectivity index (χ0n) is 17.6. The summed E-state index contributed by atoms with van der Waals surface area (Å²) in [6.07, 6.45) is 0. The van der Waals surface area contributed by atoms with Gasteiger partial charge in [0.05, 0.1) is 19.8 Å². The second-order valence-electron chi connectivity index (χ2n) is 7.51. The molecule has 0 spiro atoms. The first-order valence-electron chi connectivity index (χ1n) is 10.1. The van der Waals surface area contributed by atoms with E-state index in [0.717, 1.165) is 0 Å². The fraction of sp³-hybridized carbons (Fsp3) is 0.391. The monoisotopic (exact) mass is 411 g/mol. The summed E-state index contributed by atoms with van der Waals surface area (Å²) in [5, 5.41) is 2.89. The van der Waals surface area contributed by atoms with Crippen LogP contribution in [-0.4, -0.2) is 68.1 Å². The van der Waals surface area contributed by atoms with Crippen LogP contribution in [0, 0.1) is 6.92 Å². The van der Waals surface area contributed by atoms with Gasteiger partial charge in [0, 0.05) is 25.3 Å². The van der Waals surface area contributed by atoms with E-state index in [1.807, 2.05) is 11.9 Å². The van der Waals surface area contributed by atoms with Gasteiger partial charge in [0.15, 0.2) is 6.61 Å². The number of benzene rings is 2. The molecule has 7 nitrogen and oxygen atoms in total. The van der Waals surface area contributed by atoms with Crippen molar-refractivity contribution in [3.05, 3.63) is 59.7 Å². The molecule has 30 heavy (non-hydrogen) atoms. The molecular formula is C23H29N3O4. The van der Waals surface area contributed by atoms with Crippen molar-refractivity contribution < 1.29 is 19.1 Å². The highest BCUT2D eigenvalue weighted by Crippen LogP contribution is 2.16. The molecule has 1 saturated heterocycles. The van der Waals surface area contributed by atoms with Crippen molar-refractivity contribution in [3.63, 3.8) is 0 Å². The molecule has 0 radical (unpaired) electrons. The minimum absolute atomic E-state index is 0.00445. The summed E-state index contributed by atoms with van der Waals surface area (Å²) in [7, 11) is 1.92. The highest BCUT2D eigenvalue weighted by molar-refractivity contribution is 5.92. The number of anilines is 1. The van der Waals surface area contributed by atoms with Crippen LogP contribution in [0.2, 0.25) is 0 Å². The molecule has 1 aliphatic rings. The number of likely N-dealkylation sites (N-methyl/N-ethyl adjacent to an activating group) is 1. The Morgan fingerprint density at radius 1 is 1.07 bits per heavy atom. The van der Waals surface area contributed by atoms with Crippen molar-refractivity contribution in [2.45, 2.75) is 13.5 Å². The average Bonchev–Trinajstić information content (AvgIpc) is 2.75. The van der Waals surface area contributed by atoms with Gasteiger partial charge in [-0.1, -0.05) is 29.8 Å². The number of ether oxygens (including phenoxy) is 2. The molecule has 2 aromatic rings. The Labute approximate surface area is 177 Å². The summed E-state index contributed by atoms with van der Waals surface area (Å²) < 4.78 is 10.8. The molecule has 3 rings (SSSR count). The molecule has 0 aliphatic carbocycles. The Kier molecular flexibility index (Phi) is 7.82. The molecule has 0 saturated carbocycles. The number of hydrogen-bond donors (Lipinski definition) is 1. The Bertz CT molecular complexity index is 831. The topological polar surface area (TPSA) is 71.1 Å². The van der Waals surface area contributed by atoms with E-state index in [-0.39, 0.29) is 18.4 Å². The van der Waals surface area contributed by atoms with Crippen molar-refractivity contribution in [2.24, 2.45) is 0 Å². The third kappa shape index (κ3) is 6.86. The molecule has 1 aliphatic heterocycles. The van der Waals surface area contributed by atoms with E-state index in [2.05, 4.69) is 36.5 Å². The molecule has 0 unspecified atom stereocenters. The molecule has 1 N–H and O–H groups in total. The van der Waals surface area contributed by atoms with Gasteiger partial charge in [-0.05, 0) is 43.8 Å². The molecule has 2 aromatic carbocycles. The quantitative estimate of drug-likeness (QED) is 0.722. The van der Waals surface area contributed by atoms with E-state index < -0.39 is 0 Å². The minimum Gasteiger partial charge on any atom is -0.484 e. The van der Waals surface area contributed by atoms with Crippen molar-refractivity contribution >= 4 is 17.5 Å². The third-order valence-electron chi connectivity index (χ3n) is 4.85. The molecule has 0 atom stereocenters. The van der Waals surface area contributed by atoms with Crippen LogP contribution in [0.1, 0.15) is 11.1 Å². The number of carbonyl (C=O) groups excluding carboxylic acids is 2. The van der Waals surface area contributed by atoms with E-state index in [1.165, 1.54) is 11.1 Å². The summed E-state index contributed by atoms with van der Waals surface area (Å²) in [5.74, 6) is 0.458. The number of morpholine rings is 1. The van der Waals surface area contributed by atoms with Crippen LogP contribution in [0.25, 0.3) is 0 Å². The Hall–Kier alpha value is -2.90. The number of nitrogens with one attached hydrogen (secondary N) is 1. The van der Waals surface area contributed by atoms with Gasteiger partial charge < -0.3 is 19.7 Å². The molecular weight excluding hydrogens is 382 g/mol. The Morgan fingerprint density at radius 2 is 1.73 bits per heavy atom. The lowest BCUT2D eigenvalue weighted by Gasteiger charge is -2.26. The fourth-order valence-electron chi connectivity index (χ4n) is 3.19. The first kappa shape index (κ1) is 21.8. The van der Waals surface area contributed by atoms with Crippen LogP contribution < -0.4 is 10.1 Å². The highest BCUT2D eigenvalue weighted by Gasteiger charge is 2.17. The number of amides is 2. The molecule has 1 fully saturated rings. The van der Waals surface area contributed by atoms with Crippen LogP contribution in [0.4, 0.5) is 5.69 Å². The predicted molar refractivity (Wildman–Crippen MR) is 115 cm³/mol. The van der Waals surface area contributed by atoms with Gasteiger partial charge in [-0.25, -0.2) is 0 Å². The molecule has 2 amide bonds. The van der Waals surface area contributed by atoms with E-state index >= 15 is 0 Å². The number of carbonyl (C=O) groups is 2. The first-order valence-corrected chi connectivity index (χ1v) is 10.1. The standard InChI is InChI=1S/C23H29N3O4/c1-18-3-5-19(6-4-18)15-25(2)16-22(27)24-20-7-9-21(10-8-20)30-17-23(28)26-11-13-29-14-12-26/h3-10H,11-17H2,1-2H3,(H,24,27). The molecule has 7 heteroatoms. The van der Waals surface area contributed by atoms with Crippen LogP contribution in [-0.2, 0) is 20.9 Å². The molecule has 0 bridgehead atoms. The highest BCUT2D eigenvalue weighted by atomic mass is 16.5. The van der Waals surface area contributed by atoms with Gasteiger partial charge in [0.2, 0.25) is 5.91 Å². The summed E-state index contributed by atoms with van der Waals surface area (Å²) in [6, 6.07) is 15.3. The maximum atomic E-state index is 12.3. The second-order valence-corrected chi connectivity index (χ2v) is 7.51. The van der Waals surface area contributed by atoms with Gasteiger partial charge in [0.25, 0.3) is 5.91 Å². The van der Waals surface area contributed by atoms with Crippen molar-refractivity contribution in [3.8, 4) is 5.75 Å². The molecule has 1 heterocycles. The van der Waals surface area contributed by atoms with Crippen LogP contribution in [0.3, 0.4) is 0 Å². The summed E-state index contributed by atoms with van der Waals surface area (Å²) in [4.78, 5) is 28.1. The van der Waals surface area contributed by atoms with Crippen molar-refractivity contribution in [1.29, 1.82) is 0 Å². The largest absolute Gasteiger partial charge is 0.484 e. The molecule has 0 aromatic heterocycles. The van der Waals surface area contributed by atoms with Gasteiger partial charge >= 0.3 is 0 Å². The van der Waals surface area contributed by atoms with Crippen LogP contribution in [0.5, 0.6) is 5.75 Å². The number of aryl methyl sites for hydroxylation is 1. The lowest BCUT2D eigenvalue weighted by atomic mass is 10.1. The Morgan fingerprint density at radius 3 is 2.40 bits per heavy atom. The van der Waals surface area contributed by atoms with Crippen LogP contribution in [0.15, 0.2) is 48.5 Å². The first-order chi connectivity index (χ1) is 14.5. The average molecular weight is 412 g/mol. The second kappa shape index (κ2) is 10.8. The van der Waals surface area contributed by atoms with Gasteiger partial charge in [-0.2, -0.15) is 0 Å². The lowest BCUT2D eigenvalue weighted by Crippen LogP contribution is -2.42. The predicted octanol–water partition coefficient (Wildman–Crippen LogP) is 2.30. The van der Waals surface area contributed by atoms with Crippen molar-refractivity contribution in [1.82, 2.24) is 9.80 Å². The van der Waals surface area contributed by atoms with E-state index in [0.29, 0.717) is 50.8 Å². The third-order valence-corrected chi connectivity index (χ3v) is 4.85. The van der Waals surface area contributed by atoms with Crippen molar-refractivity contribution in [2.75, 3.05) is 51.8 Å². The Balaban J connectivity index is 1.41. The minimum atomic E-state index is -0.0826.